The molecule has 144 valence electrons. The Balaban J connectivity index is 0.000000413. The van der Waals surface area contributed by atoms with E-state index < -0.39 is 17.7 Å². The molecule has 2 fully saturated rings. The first-order chi connectivity index (χ1) is 11.2. The van der Waals surface area contributed by atoms with Crippen molar-refractivity contribution >= 4 is 0 Å². The van der Waals surface area contributed by atoms with Gasteiger partial charge < -0.3 is 14.2 Å². The highest BCUT2D eigenvalue weighted by molar-refractivity contribution is 5.02. The summed E-state index contributed by atoms with van der Waals surface area (Å²) in [7, 11) is 1.73. The Bertz CT molecular complexity index is 358. The lowest BCUT2D eigenvalue weighted by molar-refractivity contribution is -0.313. The zero-order chi connectivity index (χ0) is 18.4. The highest BCUT2D eigenvalue weighted by atomic mass is 19.4. The van der Waals surface area contributed by atoms with Crippen LogP contribution in [-0.2, 0) is 14.2 Å². The Morgan fingerprint density at radius 2 is 1.79 bits per heavy atom. The summed E-state index contributed by atoms with van der Waals surface area (Å²) in [6.45, 7) is 7.18. The van der Waals surface area contributed by atoms with Crippen LogP contribution in [0.2, 0.25) is 0 Å². The van der Waals surface area contributed by atoms with Crippen LogP contribution in [0.15, 0.2) is 0 Å². The number of alkyl halides is 3. The normalized spacial score (nSPS) is 29.8. The SMILES string of the molecule is CCC(C)OC.CCOCOC(C)(C1CC2CCC1C2)C(F)(F)F. The molecule has 0 spiro atoms. The van der Waals surface area contributed by atoms with Gasteiger partial charge in [-0.15, -0.1) is 0 Å². The highest BCUT2D eigenvalue weighted by Crippen LogP contribution is 2.56. The van der Waals surface area contributed by atoms with Gasteiger partial charge in [0.15, 0.2) is 5.60 Å². The van der Waals surface area contributed by atoms with Crippen molar-refractivity contribution in [3.63, 3.8) is 0 Å². The monoisotopic (exact) mass is 354 g/mol. The number of methoxy groups -OCH3 is 1. The molecule has 0 aromatic carbocycles. The van der Waals surface area contributed by atoms with Crippen molar-refractivity contribution in [3.8, 4) is 0 Å². The molecule has 0 heterocycles. The fourth-order valence-electron chi connectivity index (χ4n) is 3.73. The molecule has 24 heavy (non-hydrogen) atoms. The maximum absolute atomic E-state index is 13.3. The van der Waals surface area contributed by atoms with E-state index in [9.17, 15) is 13.2 Å². The van der Waals surface area contributed by atoms with Crippen LogP contribution in [0.4, 0.5) is 13.2 Å². The van der Waals surface area contributed by atoms with E-state index in [-0.39, 0.29) is 12.7 Å². The van der Waals surface area contributed by atoms with E-state index in [1.807, 2.05) is 0 Å². The first-order valence-corrected chi connectivity index (χ1v) is 9.00. The largest absolute Gasteiger partial charge is 0.417 e. The molecule has 0 aromatic rings. The first kappa shape index (κ1) is 21.7. The summed E-state index contributed by atoms with van der Waals surface area (Å²) in [6.07, 6.45) is 0.793. The number of hydrogen-bond donors (Lipinski definition) is 0. The number of rotatable bonds is 7. The minimum Gasteiger partial charge on any atom is -0.382 e. The molecule has 2 bridgehead atoms. The molecule has 2 aliphatic rings. The molecule has 2 aliphatic carbocycles. The molecule has 6 heteroatoms. The summed E-state index contributed by atoms with van der Waals surface area (Å²) in [5, 5.41) is 0. The van der Waals surface area contributed by atoms with Crippen LogP contribution in [0.3, 0.4) is 0 Å². The summed E-state index contributed by atoms with van der Waals surface area (Å²) in [4.78, 5) is 0. The molecular formula is C18H33F3O3. The van der Waals surface area contributed by atoms with Crippen LogP contribution >= 0.6 is 0 Å². The Morgan fingerprint density at radius 1 is 1.12 bits per heavy atom. The minimum absolute atomic E-state index is 0.170. The number of ether oxygens (including phenoxy) is 3. The number of halogens is 3. The van der Waals surface area contributed by atoms with E-state index in [4.69, 9.17) is 14.2 Å². The first-order valence-electron chi connectivity index (χ1n) is 9.00. The average Bonchev–Trinajstić information content (AvgIpc) is 3.17. The smallest absolute Gasteiger partial charge is 0.382 e. The Kier molecular flexibility index (Phi) is 8.50. The van der Waals surface area contributed by atoms with Gasteiger partial charge in [0.2, 0.25) is 0 Å². The summed E-state index contributed by atoms with van der Waals surface area (Å²) in [5.74, 6) is 0.234. The fraction of sp³-hybridized carbons (Fsp3) is 1.00. The molecule has 0 aromatic heterocycles. The van der Waals surface area contributed by atoms with E-state index in [1.54, 1.807) is 14.0 Å². The second-order valence-corrected chi connectivity index (χ2v) is 7.10. The lowest BCUT2D eigenvalue weighted by Gasteiger charge is -2.41. The van der Waals surface area contributed by atoms with E-state index in [0.717, 1.165) is 25.7 Å². The Hall–Kier alpha value is -0.330. The number of hydrogen-bond acceptors (Lipinski definition) is 3. The van der Waals surface area contributed by atoms with Gasteiger partial charge in [-0.25, -0.2) is 0 Å². The van der Waals surface area contributed by atoms with Crippen LogP contribution in [0.5, 0.6) is 0 Å². The maximum atomic E-state index is 13.3. The van der Waals surface area contributed by atoms with E-state index in [1.165, 1.54) is 6.92 Å². The molecule has 0 aliphatic heterocycles. The third-order valence-electron chi connectivity index (χ3n) is 5.63. The van der Waals surface area contributed by atoms with Crippen molar-refractivity contribution < 1.29 is 27.4 Å². The Labute approximate surface area is 144 Å². The summed E-state index contributed by atoms with van der Waals surface area (Å²) in [5.41, 5.74) is -2.05. The third-order valence-corrected chi connectivity index (χ3v) is 5.63. The van der Waals surface area contributed by atoms with Gasteiger partial charge in [0, 0.05) is 13.7 Å². The van der Waals surface area contributed by atoms with Crippen molar-refractivity contribution in [2.75, 3.05) is 20.5 Å². The van der Waals surface area contributed by atoms with Gasteiger partial charge in [0.25, 0.3) is 0 Å². The lowest BCUT2D eigenvalue weighted by atomic mass is 9.76. The molecule has 0 N–H and O–H groups in total. The van der Waals surface area contributed by atoms with Gasteiger partial charge >= 0.3 is 6.18 Å². The van der Waals surface area contributed by atoms with Crippen LogP contribution in [0.1, 0.15) is 59.8 Å². The molecule has 0 amide bonds. The molecule has 0 radical (unpaired) electrons. The molecule has 2 rings (SSSR count). The van der Waals surface area contributed by atoms with Crippen molar-refractivity contribution in [1.82, 2.24) is 0 Å². The predicted octanol–water partition coefficient (Wildman–Crippen LogP) is 5.19. The van der Waals surface area contributed by atoms with E-state index >= 15 is 0 Å². The third kappa shape index (κ3) is 5.33. The van der Waals surface area contributed by atoms with Crippen molar-refractivity contribution in [2.24, 2.45) is 17.8 Å². The van der Waals surface area contributed by atoms with Crippen LogP contribution in [0.25, 0.3) is 0 Å². The van der Waals surface area contributed by atoms with Crippen molar-refractivity contribution in [3.05, 3.63) is 0 Å². The predicted molar refractivity (Wildman–Crippen MR) is 87.7 cm³/mol. The summed E-state index contributed by atoms with van der Waals surface area (Å²) >= 11 is 0. The quantitative estimate of drug-likeness (QED) is 0.465. The average molecular weight is 354 g/mol. The number of fused-ring (bicyclic) bond motifs is 2. The molecule has 3 nitrogen and oxygen atoms in total. The summed E-state index contributed by atoms with van der Waals surface area (Å²) in [6, 6.07) is 0. The highest BCUT2D eigenvalue weighted by Gasteiger charge is 2.62. The standard InChI is InChI=1S/C13H21F3O2.C5H12O/c1-3-17-8-18-12(2,13(14,15)16)11-7-9-4-5-10(11)6-9;1-4-5(2)6-3/h9-11H,3-8H2,1-2H3;5H,4H2,1-3H3. The van der Waals surface area contributed by atoms with Crippen LogP contribution in [0, 0.1) is 17.8 Å². The van der Waals surface area contributed by atoms with Crippen LogP contribution in [-0.4, -0.2) is 38.4 Å². The molecule has 5 atom stereocenters. The van der Waals surface area contributed by atoms with Gasteiger partial charge in [0.05, 0.1) is 6.10 Å². The van der Waals surface area contributed by atoms with Crippen molar-refractivity contribution in [1.29, 1.82) is 0 Å². The van der Waals surface area contributed by atoms with Gasteiger partial charge in [0.1, 0.15) is 6.79 Å². The second kappa shape index (κ2) is 9.39. The second-order valence-electron chi connectivity index (χ2n) is 7.10. The van der Waals surface area contributed by atoms with Crippen molar-refractivity contribution in [2.45, 2.75) is 77.7 Å². The van der Waals surface area contributed by atoms with E-state index in [0.29, 0.717) is 25.0 Å². The molecule has 5 unspecified atom stereocenters. The molecular weight excluding hydrogens is 321 g/mol. The van der Waals surface area contributed by atoms with Crippen LogP contribution < -0.4 is 0 Å². The summed E-state index contributed by atoms with van der Waals surface area (Å²) < 4.78 is 54.9. The zero-order valence-electron chi connectivity index (χ0n) is 15.6. The zero-order valence-corrected chi connectivity index (χ0v) is 15.6. The molecule has 0 saturated heterocycles. The Morgan fingerprint density at radius 3 is 2.12 bits per heavy atom. The topological polar surface area (TPSA) is 27.7 Å². The fourth-order valence-corrected chi connectivity index (χ4v) is 3.73. The minimum atomic E-state index is -4.33. The maximum Gasteiger partial charge on any atom is 0.417 e. The van der Waals surface area contributed by atoms with Gasteiger partial charge in [-0.1, -0.05) is 13.3 Å². The van der Waals surface area contributed by atoms with Gasteiger partial charge in [-0.05, 0) is 64.2 Å². The lowest BCUT2D eigenvalue weighted by Crippen LogP contribution is -2.53. The van der Waals surface area contributed by atoms with Gasteiger partial charge in [-0.3, -0.25) is 0 Å². The molecule has 2 saturated carbocycles. The van der Waals surface area contributed by atoms with Gasteiger partial charge in [-0.2, -0.15) is 13.2 Å². The van der Waals surface area contributed by atoms with E-state index in [2.05, 4.69) is 13.8 Å².